The molecule has 0 aromatic carbocycles. The van der Waals surface area contributed by atoms with Gasteiger partial charge in [0.05, 0.1) is 23.8 Å². The van der Waals surface area contributed by atoms with Gasteiger partial charge in [0.1, 0.15) is 0 Å². The molecule has 16 heavy (non-hydrogen) atoms. The van der Waals surface area contributed by atoms with Crippen molar-refractivity contribution in [3.63, 3.8) is 0 Å². The maximum atomic E-state index is 5.43. The van der Waals surface area contributed by atoms with Crippen LogP contribution in [-0.4, -0.2) is 30.7 Å². The fourth-order valence-corrected chi connectivity index (χ4v) is 3.26. The van der Waals surface area contributed by atoms with Gasteiger partial charge in [0.25, 0.3) is 0 Å². The monoisotopic (exact) mass is 239 g/mol. The summed E-state index contributed by atoms with van der Waals surface area (Å²) in [5.41, 5.74) is 1.24. The van der Waals surface area contributed by atoms with Gasteiger partial charge in [-0.25, -0.2) is 4.98 Å². The lowest BCUT2D eigenvalue weighted by Gasteiger charge is -2.23. The minimum atomic E-state index is 0.544. The van der Waals surface area contributed by atoms with Crippen LogP contribution < -0.4 is 10.6 Å². The van der Waals surface area contributed by atoms with Crippen molar-refractivity contribution in [2.75, 3.05) is 25.0 Å². The molecule has 3 rings (SSSR count). The Morgan fingerprint density at radius 3 is 3.31 bits per heavy atom. The second-order valence-corrected chi connectivity index (χ2v) is 5.46. The van der Waals surface area contributed by atoms with E-state index in [1.54, 1.807) is 11.3 Å². The SMILES string of the molecule is C1CNCC(Nc2nc3c(s2)COCC3)C1. The Morgan fingerprint density at radius 1 is 1.50 bits per heavy atom. The van der Waals surface area contributed by atoms with Crippen LogP contribution in [0.2, 0.25) is 0 Å². The molecule has 0 saturated carbocycles. The molecule has 1 unspecified atom stereocenters. The predicted molar refractivity (Wildman–Crippen MR) is 65.0 cm³/mol. The second-order valence-electron chi connectivity index (χ2n) is 4.38. The number of nitrogens with one attached hydrogen (secondary N) is 2. The van der Waals surface area contributed by atoms with Crippen LogP contribution in [0.1, 0.15) is 23.4 Å². The topological polar surface area (TPSA) is 46.2 Å². The van der Waals surface area contributed by atoms with E-state index in [0.717, 1.165) is 37.9 Å². The molecule has 2 N–H and O–H groups in total. The summed E-state index contributed by atoms with van der Waals surface area (Å²) < 4.78 is 5.43. The van der Waals surface area contributed by atoms with Crippen LogP contribution in [0.5, 0.6) is 0 Å². The van der Waals surface area contributed by atoms with Crippen LogP contribution in [0.3, 0.4) is 0 Å². The zero-order valence-electron chi connectivity index (χ0n) is 9.29. The van der Waals surface area contributed by atoms with E-state index < -0.39 is 0 Å². The van der Waals surface area contributed by atoms with Crippen molar-refractivity contribution in [1.29, 1.82) is 0 Å². The minimum Gasteiger partial charge on any atom is -0.375 e. The Bertz CT molecular complexity index is 337. The average Bonchev–Trinajstić information content (AvgIpc) is 2.72. The van der Waals surface area contributed by atoms with Gasteiger partial charge >= 0.3 is 0 Å². The highest BCUT2D eigenvalue weighted by Gasteiger charge is 2.18. The Balaban J connectivity index is 1.67. The molecule has 1 aromatic rings. The largest absolute Gasteiger partial charge is 0.375 e. The van der Waals surface area contributed by atoms with E-state index in [0.29, 0.717) is 6.04 Å². The van der Waals surface area contributed by atoms with Crippen molar-refractivity contribution < 1.29 is 4.74 Å². The third-order valence-corrected chi connectivity index (χ3v) is 4.12. The van der Waals surface area contributed by atoms with Gasteiger partial charge in [0.15, 0.2) is 5.13 Å². The summed E-state index contributed by atoms with van der Waals surface area (Å²) in [6.07, 6.45) is 3.47. The van der Waals surface area contributed by atoms with Gasteiger partial charge in [0, 0.05) is 19.0 Å². The highest BCUT2D eigenvalue weighted by Crippen LogP contribution is 2.27. The number of hydrogen-bond acceptors (Lipinski definition) is 5. The maximum Gasteiger partial charge on any atom is 0.183 e. The highest BCUT2D eigenvalue weighted by atomic mass is 32.1. The molecule has 5 heteroatoms. The smallest absolute Gasteiger partial charge is 0.183 e. The Morgan fingerprint density at radius 2 is 2.50 bits per heavy atom. The third-order valence-electron chi connectivity index (χ3n) is 3.12. The molecule has 1 fully saturated rings. The first-order chi connectivity index (χ1) is 7.92. The lowest BCUT2D eigenvalue weighted by atomic mass is 10.1. The fraction of sp³-hybridized carbons (Fsp3) is 0.727. The van der Waals surface area contributed by atoms with Gasteiger partial charge in [-0.15, -0.1) is 0 Å². The lowest BCUT2D eigenvalue weighted by Crippen LogP contribution is -2.38. The van der Waals surface area contributed by atoms with E-state index in [9.17, 15) is 0 Å². The van der Waals surface area contributed by atoms with Crippen molar-refractivity contribution in [1.82, 2.24) is 10.3 Å². The van der Waals surface area contributed by atoms with Crippen molar-refractivity contribution in [3.8, 4) is 0 Å². The first kappa shape index (κ1) is 10.5. The number of piperidine rings is 1. The summed E-state index contributed by atoms with van der Waals surface area (Å²) in [5, 5.41) is 8.01. The molecule has 0 spiro atoms. The van der Waals surface area contributed by atoms with Crippen LogP contribution in [0.15, 0.2) is 0 Å². The second kappa shape index (κ2) is 4.69. The Hall–Kier alpha value is -0.650. The van der Waals surface area contributed by atoms with Crippen LogP contribution in [0.25, 0.3) is 0 Å². The summed E-state index contributed by atoms with van der Waals surface area (Å²) in [5.74, 6) is 0. The molecule has 2 aliphatic heterocycles. The van der Waals surface area contributed by atoms with Crippen LogP contribution in [0, 0.1) is 0 Å². The molecule has 4 nitrogen and oxygen atoms in total. The molecule has 3 heterocycles. The number of hydrogen-bond donors (Lipinski definition) is 2. The van der Waals surface area contributed by atoms with Crippen molar-refractivity contribution >= 4 is 16.5 Å². The summed E-state index contributed by atoms with van der Waals surface area (Å²) in [7, 11) is 0. The number of ether oxygens (including phenoxy) is 1. The highest BCUT2D eigenvalue weighted by molar-refractivity contribution is 7.15. The zero-order chi connectivity index (χ0) is 10.8. The van der Waals surface area contributed by atoms with Crippen LogP contribution in [0.4, 0.5) is 5.13 Å². The summed E-state index contributed by atoms with van der Waals surface area (Å²) in [6, 6.07) is 0.544. The first-order valence-corrected chi connectivity index (χ1v) is 6.77. The molecule has 88 valence electrons. The van der Waals surface area contributed by atoms with Gasteiger partial charge in [-0.05, 0) is 19.4 Å². The molecule has 0 bridgehead atoms. The summed E-state index contributed by atoms with van der Waals surface area (Å²) in [6.45, 7) is 3.78. The van der Waals surface area contributed by atoms with E-state index in [2.05, 4.69) is 15.6 Å². The first-order valence-electron chi connectivity index (χ1n) is 5.95. The van der Waals surface area contributed by atoms with Gasteiger partial charge in [0.2, 0.25) is 0 Å². The minimum absolute atomic E-state index is 0.544. The van der Waals surface area contributed by atoms with E-state index in [1.807, 2.05) is 0 Å². The normalized spacial score (nSPS) is 25.1. The molecule has 0 amide bonds. The quantitative estimate of drug-likeness (QED) is 0.818. The van der Waals surface area contributed by atoms with E-state index in [4.69, 9.17) is 4.74 Å². The summed E-state index contributed by atoms with van der Waals surface area (Å²) >= 11 is 1.75. The number of thiazole rings is 1. The molecular weight excluding hydrogens is 222 g/mol. The Labute approximate surface area is 99.4 Å². The zero-order valence-corrected chi connectivity index (χ0v) is 10.1. The number of fused-ring (bicyclic) bond motifs is 1. The van der Waals surface area contributed by atoms with E-state index in [1.165, 1.54) is 23.4 Å². The summed E-state index contributed by atoms with van der Waals surface area (Å²) in [4.78, 5) is 5.95. The molecule has 2 aliphatic rings. The fourth-order valence-electron chi connectivity index (χ4n) is 2.24. The third kappa shape index (κ3) is 2.21. The average molecular weight is 239 g/mol. The molecule has 0 radical (unpaired) electrons. The van der Waals surface area contributed by atoms with Crippen molar-refractivity contribution in [2.45, 2.75) is 31.9 Å². The van der Waals surface area contributed by atoms with Gasteiger partial charge in [-0.2, -0.15) is 0 Å². The number of anilines is 1. The van der Waals surface area contributed by atoms with E-state index in [-0.39, 0.29) is 0 Å². The van der Waals surface area contributed by atoms with Crippen LogP contribution >= 0.6 is 11.3 Å². The van der Waals surface area contributed by atoms with Crippen molar-refractivity contribution in [3.05, 3.63) is 10.6 Å². The van der Waals surface area contributed by atoms with Gasteiger partial charge in [-0.1, -0.05) is 11.3 Å². The molecular formula is C11H17N3OS. The predicted octanol–water partition coefficient (Wildman–Crippen LogP) is 1.38. The molecule has 1 saturated heterocycles. The van der Waals surface area contributed by atoms with Crippen molar-refractivity contribution in [2.24, 2.45) is 0 Å². The molecule has 0 aliphatic carbocycles. The lowest BCUT2D eigenvalue weighted by molar-refractivity contribution is 0.112. The van der Waals surface area contributed by atoms with Gasteiger partial charge in [-0.3, -0.25) is 0 Å². The maximum absolute atomic E-state index is 5.43. The number of rotatable bonds is 2. The molecule has 1 atom stereocenters. The Kier molecular flexibility index (Phi) is 3.08. The van der Waals surface area contributed by atoms with E-state index >= 15 is 0 Å². The molecule has 1 aromatic heterocycles. The number of aromatic nitrogens is 1. The van der Waals surface area contributed by atoms with Crippen LogP contribution in [-0.2, 0) is 17.8 Å². The standard InChI is InChI=1S/C11H17N3OS/c1-2-8(6-12-4-1)13-11-14-9-3-5-15-7-10(9)16-11/h8,12H,1-7H2,(H,13,14). The number of nitrogens with zero attached hydrogens (tertiary/aromatic N) is 1. The van der Waals surface area contributed by atoms with Gasteiger partial charge < -0.3 is 15.4 Å².